The molecule has 1 atom stereocenters. The molecule has 0 radical (unpaired) electrons. The quantitative estimate of drug-likeness (QED) is 0.796. The Hall–Kier alpha value is -0.160. The molecule has 2 heterocycles. The highest BCUT2D eigenvalue weighted by Gasteiger charge is 2.43. The predicted octanol–water partition coefficient (Wildman–Crippen LogP) is 0.909. The summed E-state index contributed by atoms with van der Waals surface area (Å²) in [5.41, 5.74) is 6.29. The third-order valence-corrected chi connectivity index (χ3v) is 4.54. The van der Waals surface area contributed by atoms with Crippen molar-refractivity contribution in [2.45, 2.75) is 50.9 Å². The molecule has 2 aliphatic rings. The lowest BCUT2D eigenvalue weighted by atomic mass is 9.84. The van der Waals surface area contributed by atoms with Crippen LogP contribution in [0.25, 0.3) is 0 Å². The minimum absolute atomic E-state index is 0.0524. The Morgan fingerprint density at radius 2 is 1.89 bits per heavy atom. The summed E-state index contributed by atoms with van der Waals surface area (Å²) < 4.78 is 6.01. The summed E-state index contributed by atoms with van der Waals surface area (Å²) in [6, 6.07) is 0. The van der Waals surface area contributed by atoms with Crippen LogP contribution in [0, 0.1) is 0 Å². The normalized spacial score (nSPS) is 33.5. The van der Waals surface area contributed by atoms with E-state index in [1.807, 2.05) is 0 Å². The number of hydrogen-bond donors (Lipinski definition) is 1. The lowest BCUT2D eigenvalue weighted by Crippen LogP contribution is -2.65. The lowest BCUT2D eigenvalue weighted by molar-refractivity contribution is -0.158. The van der Waals surface area contributed by atoms with E-state index in [1.165, 1.54) is 12.8 Å². The maximum absolute atomic E-state index is 6.15. The fourth-order valence-corrected chi connectivity index (χ4v) is 3.50. The fourth-order valence-electron chi connectivity index (χ4n) is 3.50. The molecular weight excluding hydrogens is 226 g/mol. The van der Waals surface area contributed by atoms with Crippen molar-refractivity contribution in [3.63, 3.8) is 0 Å². The molecule has 0 aliphatic carbocycles. The van der Waals surface area contributed by atoms with E-state index in [-0.39, 0.29) is 11.1 Å². The summed E-state index contributed by atoms with van der Waals surface area (Å²) in [7, 11) is 2.20. The van der Waals surface area contributed by atoms with E-state index in [2.05, 4.69) is 37.6 Å². The van der Waals surface area contributed by atoms with Crippen molar-refractivity contribution in [3.05, 3.63) is 0 Å². The highest BCUT2D eigenvalue weighted by Crippen LogP contribution is 2.33. The predicted molar refractivity (Wildman–Crippen MR) is 74.7 cm³/mol. The third-order valence-electron chi connectivity index (χ3n) is 4.54. The van der Waals surface area contributed by atoms with Crippen molar-refractivity contribution in [1.29, 1.82) is 0 Å². The molecule has 2 rings (SSSR count). The van der Waals surface area contributed by atoms with Gasteiger partial charge in [-0.25, -0.2) is 0 Å². The first kappa shape index (κ1) is 14.3. The molecule has 1 unspecified atom stereocenters. The smallest absolute Gasteiger partial charge is 0.0757 e. The second-order valence-electron chi connectivity index (χ2n) is 6.80. The van der Waals surface area contributed by atoms with E-state index in [1.54, 1.807) is 0 Å². The molecule has 2 saturated heterocycles. The average Bonchev–Trinajstić information content (AvgIpc) is 2.28. The SMILES string of the molecule is CC1CN(C2(CN)CCN(C)CC2)CC(C)(C)O1. The number of hydrogen-bond acceptors (Lipinski definition) is 4. The summed E-state index contributed by atoms with van der Waals surface area (Å²) in [4.78, 5) is 5.01. The van der Waals surface area contributed by atoms with Crippen LogP contribution in [0.15, 0.2) is 0 Å². The van der Waals surface area contributed by atoms with Crippen molar-refractivity contribution >= 4 is 0 Å². The van der Waals surface area contributed by atoms with Gasteiger partial charge in [0.15, 0.2) is 0 Å². The summed E-state index contributed by atoms with van der Waals surface area (Å²) in [5.74, 6) is 0. The molecule has 0 aromatic heterocycles. The van der Waals surface area contributed by atoms with Crippen LogP contribution in [0.2, 0.25) is 0 Å². The third kappa shape index (κ3) is 2.87. The molecule has 2 aliphatic heterocycles. The van der Waals surface area contributed by atoms with Crippen LogP contribution in [-0.4, -0.2) is 66.8 Å². The standard InChI is InChI=1S/C14H29N3O/c1-12-9-17(11-13(2,3)18-12)14(10-15)5-7-16(4)8-6-14/h12H,5-11,15H2,1-4H3. The number of rotatable bonds is 2. The van der Waals surface area contributed by atoms with Crippen LogP contribution >= 0.6 is 0 Å². The summed E-state index contributed by atoms with van der Waals surface area (Å²) in [5, 5.41) is 0. The minimum Gasteiger partial charge on any atom is -0.370 e. The highest BCUT2D eigenvalue weighted by atomic mass is 16.5. The molecule has 0 amide bonds. The van der Waals surface area contributed by atoms with Crippen LogP contribution < -0.4 is 5.73 Å². The molecule has 0 saturated carbocycles. The van der Waals surface area contributed by atoms with Crippen LogP contribution in [0.3, 0.4) is 0 Å². The van der Waals surface area contributed by atoms with Crippen molar-refractivity contribution in [2.75, 3.05) is 39.8 Å². The molecule has 4 heteroatoms. The van der Waals surface area contributed by atoms with Gasteiger partial charge in [-0.05, 0) is 53.8 Å². The first-order valence-corrected chi connectivity index (χ1v) is 7.18. The number of ether oxygens (including phenoxy) is 1. The van der Waals surface area contributed by atoms with Crippen LogP contribution in [0.4, 0.5) is 0 Å². The maximum atomic E-state index is 6.15. The van der Waals surface area contributed by atoms with E-state index in [0.29, 0.717) is 6.10 Å². The fraction of sp³-hybridized carbons (Fsp3) is 1.00. The zero-order valence-electron chi connectivity index (χ0n) is 12.4. The molecule has 4 nitrogen and oxygen atoms in total. The first-order chi connectivity index (χ1) is 8.37. The lowest BCUT2D eigenvalue weighted by Gasteiger charge is -2.53. The van der Waals surface area contributed by atoms with Gasteiger partial charge in [0.25, 0.3) is 0 Å². The van der Waals surface area contributed by atoms with Gasteiger partial charge in [0.1, 0.15) is 0 Å². The number of likely N-dealkylation sites (tertiary alicyclic amines) is 1. The first-order valence-electron chi connectivity index (χ1n) is 7.18. The molecule has 18 heavy (non-hydrogen) atoms. The minimum atomic E-state index is -0.0524. The Bertz CT molecular complexity index is 285. The molecular formula is C14H29N3O. The number of piperidine rings is 1. The maximum Gasteiger partial charge on any atom is 0.0757 e. The van der Waals surface area contributed by atoms with Gasteiger partial charge in [0.2, 0.25) is 0 Å². The molecule has 0 aromatic carbocycles. The Morgan fingerprint density at radius 1 is 1.28 bits per heavy atom. The van der Waals surface area contributed by atoms with E-state index < -0.39 is 0 Å². The van der Waals surface area contributed by atoms with E-state index in [0.717, 1.165) is 32.7 Å². The van der Waals surface area contributed by atoms with Gasteiger partial charge in [-0.15, -0.1) is 0 Å². The zero-order valence-corrected chi connectivity index (χ0v) is 12.4. The van der Waals surface area contributed by atoms with Crippen molar-refractivity contribution in [1.82, 2.24) is 9.80 Å². The molecule has 0 aromatic rings. The Labute approximate surface area is 111 Å². The second kappa shape index (κ2) is 5.08. The number of morpholine rings is 1. The second-order valence-corrected chi connectivity index (χ2v) is 6.80. The van der Waals surface area contributed by atoms with Gasteiger partial charge in [0.05, 0.1) is 11.7 Å². The summed E-state index contributed by atoms with van der Waals surface area (Å²) >= 11 is 0. The van der Waals surface area contributed by atoms with E-state index in [4.69, 9.17) is 10.5 Å². The average molecular weight is 255 g/mol. The van der Waals surface area contributed by atoms with Gasteiger partial charge in [-0.3, -0.25) is 4.90 Å². The van der Waals surface area contributed by atoms with Crippen LogP contribution in [0.5, 0.6) is 0 Å². The number of nitrogens with two attached hydrogens (primary N) is 1. The largest absolute Gasteiger partial charge is 0.370 e. The van der Waals surface area contributed by atoms with Crippen LogP contribution in [-0.2, 0) is 4.74 Å². The highest BCUT2D eigenvalue weighted by molar-refractivity contribution is 4.99. The van der Waals surface area contributed by atoms with E-state index in [9.17, 15) is 0 Å². The van der Waals surface area contributed by atoms with Gasteiger partial charge < -0.3 is 15.4 Å². The van der Waals surface area contributed by atoms with Crippen molar-refractivity contribution in [3.8, 4) is 0 Å². The summed E-state index contributed by atoms with van der Waals surface area (Å²) in [6.45, 7) is 11.6. The summed E-state index contributed by atoms with van der Waals surface area (Å²) in [6.07, 6.45) is 2.67. The molecule has 0 bridgehead atoms. The Morgan fingerprint density at radius 3 is 2.39 bits per heavy atom. The zero-order chi connectivity index (χ0) is 13.4. The molecule has 2 N–H and O–H groups in total. The molecule has 2 fully saturated rings. The monoisotopic (exact) mass is 255 g/mol. The molecule has 0 spiro atoms. The topological polar surface area (TPSA) is 41.7 Å². The number of nitrogens with zero attached hydrogens (tertiary/aromatic N) is 2. The van der Waals surface area contributed by atoms with Gasteiger partial charge in [-0.1, -0.05) is 0 Å². The van der Waals surface area contributed by atoms with Crippen molar-refractivity contribution < 1.29 is 4.74 Å². The molecule has 106 valence electrons. The van der Waals surface area contributed by atoms with Gasteiger partial charge in [0, 0.05) is 25.2 Å². The Balaban J connectivity index is 2.12. The van der Waals surface area contributed by atoms with Gasteiger partial charge >= 0.3 is 0 Å². The van der Waals surface area contributed by atoms with E-state index >= 15 is 0 Å². The van der Waals surface area contributed by atoms with Gasteiger partial charge in [-0.2, -0.15) is 0 Å². The Kier molecular flexibility index (Phi) is 4.02. The van der Waals surface area contributed by atoms with Crippen molar-refractivity contribution in [2.24, 2.45) is 5.73 Å². The van der Waals surface area contributed by atoms with Crippen LogP contribution in [0.1, 0.15) is 33.6 Å².